The highest BCUT2D eigenvalue weighted by Crippen LogP contribution is 2.29. The Bertz CT molecular complexity index is 704. The van der Waals surface area contributed by atoms with E-state index in [0.717, 1.165) is 48.4 Å². The predicted molar refractivity (Wildman–Crippen MR) is 95.4 cm³/mol. The molecule has 0 radical (unpaired) electrons. The van der Waals surface area contributed by atoms with Gasteiger partial charge in [-0.3, -0.25) is 4.79 Å². The molecular weight excluding hydrogens is 300 g/mol. The van der Waals surface area contributed by atoms with Crippen LogP contribution in [0.1, 0.15) is 40.4 Å². The second-order valence-corrected chi connectivity index (χ2v) is 6.60. The number of rotatable bonds is 3. The van der Waals surface area contributed by atoms with Gasteiger partial charge in [0, 0.05) is 56.2 Å². The summed E-state index contributed by atoms with van der Waals surface area (Å²) in [7, 11) is 3.99. The van der Waals surface area contributed by atoms with Crippen molar-refractivity contribution in [2.45, 2.75) is 25.7 Å². The summed E-state index contributed by atoms with van der Waals surface area (Å²) in [5.41, 5.74) is 4.13. The molecule has 1 amide bonds. The van der Waals surface area contributed by atoms with Gasteiger partial charge in [0.05, 0.1) is 0 Å². The van der Waals surface area contributed by atoms with Crippen molar-refractivity contribution in [1.82, 2.24) is 14.9 Å². The van der Waals surface area contributed by atoms with Gasteiger partial charge < -0.3 is 9.80 Å². The average molecular weight is 324 g/mol. The van der Waals surface area contributed by atoms with Crippen LogP contribution in [0.3, 0.4) is 0 Å². The Morgan fingerprint density at radius 3 is 2.42 bits per heavy atom. The first-order valence-electron chi connectivity index (χ1n) is 8.39. The van der Waals surface area contributed by atoms with Crippen LogP contribution in [-0.2, 0) is 0 Å². The third-order valence-corrected chi connectivity index (χ3v) is 4.74. The molecule has 0 atom stereocenters. The normalized spacial score (nSPS) is 15.4. The number of piperidine rings is 1. The van der Waals surface area contributed by atoms with Crippen LogP contribution in [0, 0.1) is 6.92 Å². The molecule has 1 saturated heterocycles. The molecule has 0 N–H and O–H groups in total. The Kier molecular flexibility index (Phi) is 4.79. The van der Waals surface area contributed by atoms with E-state index in [0.29, 0.717) is 5.92 Å². The van der Waals surface area contributed by atoms with Crippen molar-refractivity contribution < 1.29 is 4.79 Å². The minimum absolute atomic E-state index is 0.123. The summed E-state index contributed by atoms with van der Waals surface area (Å²) in [5, 5.41) is 0. The first-order chi connectivity index (χ1) is 11.6. The molecule has 3 rings (SSSR count). The van der Waals surface area contributed by atoms with Gasteiger partial charge >= 0.3 is 0 Å². The van der Waals surface area contributed by atoms with Crippen molar-refractivity contribution in [3.05, 3.63) is 53.6 Å². The van der Waals surface area contributed by atoms with E-state index in [9.17, 15) is 4.79 Å². The number of aromatic nitrogens is 2. The van der Waals surface area contributed by atoms with Crippen LogP contribution in [0.2, 0.25) is 0 Å². The molecule has 0 aliphatic carbocycles. The number of likely N-dealkylation sites (tertiary alicyclic amines) is 1. The van der Waals surface area contributed by atoms with Gasteiger partial charge in [-0.1, -0.05) is 0 Å². The van der Waals surface area contributed by atoms with E-state index in [1.165, 1.54) is 0 Å². The SMILES string of the molecule is Cc1cncnc1C1CCN(C(=O)c2ccc(N(C)C)cc2)CC1. The molecule has 24 heavy (non-hydrogen) atoms. The Morgan fingerprint density at radius 2 is 1.83 bits per heavy atom. The highest BCUT2D eigenvalue weighted by molar-refractivity contribution is 5.94. The van der Waals surface area contributed by atoms with Crippen molar-refractivity contribution in [3.63, 3.8) is 0 Å². The van der Waals surface area contributed by atoms with Crippen molar-refractivity contribution in [1.29, 1.82) is 0 Å². The van der Waals surface area contributed by atoms with Crippen LogP contribution in [0.25, 0.3) is 0 Å². The third kappa shape index (κ3) is 3.40. The van der Waals surface area contributed by atoms with E-state index in [4.69, 9.17) is 0 Å². The highest BCUT2D eigenvalue weighted by atomic mass is 16.2. The summed E-state index contributed by atoms with van der Waals surface area (Å²) < 4.78 is 0. The summed E-state index contributed by atoms with van der Waals surface area (Å²) in [6, 6.07) is 7.81. The lowest BCUT2D eigenvalue weighted by Crippen LogP contribution is -2.38. The summed E-state index contributed by atoms with van der Waals surface area (Å²) in [4.78, 5) is 25.2. The molecule has 2 heterocycles. The molecule has 1 aromatic heterocycles. The zero-order valence-corrected chi connectivity index (χ0v) is 14.6. The number of benzene rings is 1. The molecule has 1 aliphatic heterocycles. The van der Waals surface area contributed by atoms with E-state index >= 15 is 0 Å². The maximum Gasteiger partial charge on any atom is 0.253 e. The molecule has 0 spiro atoms. The van der Waals surface area contributed by atoms with E-state index < -0.39 is 0 Å². The van der Waals surface area contributed by atoms with Crippen molar-refractivity contribution >= 4 is 11.6 Å². The van der Waals surface area contributed by atoms with Crippen LogP contribution in [0.15, 0.2) is 36.8 Å². The number of hydrogen-bond acceptors (Lipinski definition) is 4. The van der Waals surface area contributed by atoms with Crippen LogP contribution in [-0.4, -0.2) is 48.0 Å². The summed E-state index contributed by atoms with van der Waals surface area (Å²) in [5.74, 6) is 0.548. The first-order valence-corrected chi connectivity index (χ1v) is 8.39. The van der Waals surface area contributed by atoms with Gasteiger partial charge in [-0.25, -0.2) is 9.97 Å². The quantitative estimate of drug-likeness (QED) is 0.871. The predicted octanol–water partition coefficient (Wildman–Crippen LogP) is 2.87. The average Bonchev–Trinajstić information content (AvgIpc) is 2.62. The zero-order valence-electron chi connectivity index (χ0n) is 14.6. The van der Waals surface area contributed by atoms with Crippen molar-refractivity contribution in [2.75, 3.05) is 32.1 Å². The molecule has 5 heteroatoms. The molecule has 1 aliphatic rings. The fourth-order valence-corrected chi connectivity index (χ4v) is 3.28. The minimum Gasteiger partial charge on any atom is -0.378 e. The Hall–Kier alpha value is -2.43. The number of carbonyl (C=O) groups excluding carboxylic acids is 1. The standard InChI is InChI=1S/C19H24N4O/c1-14-12-20-13-21-18(14)15-8-10-23(11-9-15)19(24)16-4-6-17(7-5-16)22(2)3/h4-7,12-13,15H,8-11H2,1-3H3. The maximum atomic E-state index is 12.7. The largest absolute Gasteiger partial charge is 0.378 e. The summed E-state index contributed by atoms with van der Waals surface area (Å²) in [6.07, 6.45) is 5.40. The Balaban J connectivity index is 1.64. The summed E-state index contributed by atoms with van der Waals surface area (Å²) >= 11 is 0. The number of carbonyl (C=O) groups is 1. The molecule has 126 valence electrons. The molecule has 1 aromatic carbocycles. The number of hydrogen-bond donors (Lipinski definition) is 0. The monoisotopic (exact) mass is 324 g/mol. The Labute approximate surface area is 143 Å². The molecule has 0 unspecified atom stereocenters. The van der Waals surface area contributed by atoms with E-state index in [2.05, 4.69) is 16.9 Å². The zero-order chi connectivity index (χ0) is 17.1. The van der Waals surface area contributed by atoms with E-state index in [1.54, 1.807) is 6.33 Å². The fourth-order valence-electron chi connectivity index (χ4n) is 3.28. The number of anilines is 1. The lowest BCUT2D eigenvalue weighted by molar-refractivity contribution is 0.0712. The van der Waals surface area contributed by atoms with Gasteiger partial charge in [0.15, 0.2) is 0 Å². The molecular formula is C19H24N4O. The first kappa shape index (κ1) is 16.4. The number of aryl methyl sites for hydroxylation is 1. The van der Waals surface area contributed by atoms with Gasteiger partial charge in [0.2, 0.25) is 0 Å². The molecule has 1 fully saturated rings. The second-order valence-electron chi connectivity index (χ2n) is 6.60. The second kappa shape index (κ2) is 6.99. The lowest BCUT2D eigenvalue weighted by Gasteiger charge is -2.32. The molecule has 2 aromatic rings. The van der Waals surface area contributed by atoms with Crippen LogP contribution in [0.4, 0.5) is 5.69 Å². The number of amides is 1. The molecule has 0 bridgehead atoms. The lowest BCUT2D eigenvalue weighted by atomic mass is 9.91. The van der Waals surface area contributed by atoms with Crippen LogP contribution < -0.4 is 4.90 Å². The minimum atomic E-state index is 0.123. The van der Waals surface area contributed by atoms with Crippen LogP contribution in [0.5, 0.6) is 0 Å². The Morgan fingerprint density at radius 1 is 1.17 bits per heavy atom. The third-order valence-electron chi connectivity index (χ3n) is 4.74. The topological polar surface area (TPSA) is 49.3 Å². The highest BCUT2D eigenvalue weighted by Gasteiger charge is 2.26. The fraction of sp³-hybridized carbons (Fsp3) is 0.421. The maximum absolute atomic E-state index is 12.7. The van der Waals surface area contributed by atoms with Crippen molar-refractivity contribution in [2.24, 2.45) is 0 Å². The molecule has 5 nitrogen and oxygen atoms in total. The molecule has 0 saturated carbocycles. The van der Waals surface area contributed by atoms with Gasteiger partial charge in [-0.05, 0) is 49.6 Å². The van der Waals surface area contributed by atoms with E-state index in [1.807, 2.05) is 54.4 Å². The summed E-state index contributed by atoms with van der Waals surface area (Å²) in [6.45, 7) is 3.61. The van der Waals surface area contributed by atoms with Gasteiger partial charge in [-0.15, -0.1) is 0 Å². The van der Waals surface area contributed by atoms with Gasteiger partial charge in [0.25, 0.3) is 5.91 Å². The van der Waals surface area contributed by atoms with E-state index in [-0.39, 0.29) is 5.91 Å². The smallest absolute Gasteiger partial charge is 0.253 e. The number of nitrogens with zero attached hydrogens (tertiary/aromatic N) is 4. The van der Waals surface area contributed by atoms with Crippen LogP contribution >= 0.6 is 0 Å². The van der Waals surface area contributed by atoms with Gasteiger partial charge in [-0.2, -0.15) is 0 Å². The van der Waals surface area contributed by atoms with Crippen molar-refractivity contribution in [3.8, 4) is 0 Å². The van der Waals surface area contributed by atoms with Gasteiger partial charge in [0.1, 0.15) is 6.33 Å².